The molecule has 0 radical (unpaired) electrons. The lowest BCUT2D eigenvalue weighted by atomic mass is 10.0. The molecule has 3 rings (SSSR count). The Hall–Kier alpha value is -2.82. The summed E-state index contributed by atoms with van der Waals surface area (Å²) in [6, 6.07) is 11.6. The summed E-state index contributed by atoms with van der Waals surface area (Å²) in [6.07, 6.45) is 2.53. The zero-order valence-corrected chi connectivity index (χ0v) is 12.5. The topological polar surface area (TPSA) is 70.3 Å². The summed E-state index contributed by atoms with van der Waals surface area (Å²) in [4.78, 5) is 0. The van der Waals surface area contributed by atoms with Crippen molar-refractivity contribution in [3.63, 3.8) is 0 Å². The fourth-order valence-corrected chi connectivity index (χ4v) is 2.43. The molecule has 0 spiro atoms. The highest BCUT2D eigenvalue weighted by Crippen LogP contribution is 2.32. The predicted molar refractivity (Wildman–Crippen MR) is 86.3 cm³/mol. The Morgan fingerprint density at radius 1 is 1.00 bits per heavy atom. The van der Waals surface area contributed by atoms with E-state index in [1.807, 2.05) is 36.4 Å². The quantitative estimate of drug-likeness (QED) is 0.749. The SMILES string of the molecule is COc1cc2nncc(Cc3ccc(N)cc3)c2cc1OC. The number of anilines is 1. The minimum atomic E-state index is 0.647. The van der Waals surface area contributed by atoms with Crippen molar-refractivity contribution in [3.05, 3.63) is 53.7 Å². The standard InChI is InChI=1S/C17H17N3O2/c1-21-16-8-14-12(7-11-3-5-13(18)6-4-11)10-19-20-15(14)9-17(16)22-2/h3-6,8-10H,7,18H2,1-2H3. The van der Waals surface area contributed by atoms with Gasteiger partial charge in [-0.3, -0.25) is 0 Å². The zero-order valence-electron chi connectivity index (χ0n) is 12.5. The molecule has 5 heteroatoms. The van der Waals surface area contributed by atoms with Crippen LogP contribution in [0.15, 0.2) is 42.6 Å². The molecular weight excluding hydrogens is 278 g/mol. The largest absolute Gasteiger partial charge is 0.493 e. The molecule has 0 aliphatic heterocycles. The second-order valence-corrected chi connectivity index (χ2v) is 5.01. The van der Waals surface area contributed by atoms with E-state index in [4.69, 9.17) is 15.2 Å². The lowest BCUT2D eigenvalue weighted by Gasteiger charge is -2.11. The highest BCUT2D eigenvalue weighted by atomic mass is 16.5. The summed E-state index contributed by atoms with van der Waals surface area (Å²) in [5, 5.41) is 9.27. The number of benzene rings is 2. The third-order valence-electron chi connectivity index (χ3n) is 3.60. The van der Waals surface area contributed by atoms with E-state index in [0.717, 1.165) is 28.6 Å². The molecule has 1 aromatic heterocycles. The number of rotatable bonds is 4. The van der Waals surface area contributed by atoms with Crippen molar-refractivity contribution in [2.75, 3.05) is 20.0 Å². The highest BCUT2D eigenvalue weighted by molar-refractivity contribution is 5.85. The summed E-state index contributed by atoms with van der Waals surface area (Å²) in [6.45, 7) is 0. The first-order valence-corrected chi connectivity index (χ1v) is 6.92. The van der Waals surface area contributed by atoms with Gasteiger partial charge in [-0.25, -0.2) is 0 Å². The van der Waals surface area contributed by atoms with Crippen molar-refractivity contribution in [1.82, 2.24) is 10.2 Å². The minimum Gasteiger partial charge on any atom is -0.493 e. The average Bonchev–Trinajstić information content (AvgIpc) is 2.56. The molecule has 0 atom stereocenters. The van der Waals surface area contributed by atoms with Crippen LogP contribution in [0.3, 0.4) is 0 Å². The summed E-state index contributed by atoms with van der Waals surface area (Å²) < 4.78 is 10.7. The van der Waals surface area contributed by atoms with Crippen molar-refractivity contribution in [2.45, 2.75) is 6.42 Å². The van der Waals surface area contributed by atoms with Gasteiger partial charge in [0.15, 0.2) is 11.5 Å². The second-order valence-electron chi connectivity index (χ2n) is 5.01. The van der Waals surface area contributed by atoms with Crippen molar-refractivity contribution in [1.29, 1.82) is 0 Å². The van der Waals surface area contributed by atoms with Gasteiger partial charge in [0.1, 0.15) is 0 Å². The van der Waals surface area contributed by atoms with Crippen LogP contribution in [0.25, 0.3) is 10.9 Å². The lowest BCUT2D eigenvalue weighted by Crippen LogP contribution is -1.97. The first-order chi connectivity index (χ1) is 10.7. The van der Waals surface area contributed by atoms with Gasteiger partial charge in [-0.2, -0.15) is 10.2 Å². The van der Waals surface area contributed by atoms with Crippen molar-refractivity contribution in [2.24, 2.45) is 0 Å². The van der Waals surface area contributed by atoms with Crippen LogP contribution in [0.4, 0.5) is 5.69 Å². The van der Waals surface area contributed by atoms with E-state index in [1.165, 1.54) is 5.56 Å². The number of aromatic nitrogens is 2. The highest BCUT2D eigenvalue weighted by Gasteiger charge is 2.11. The third kappa shape index (κ3) is 2.65. The summed E-state index contributed by atoms with van der Waals surface area (Å²) in [7, 11) is 3.23. The van der Waals surface area contributed by atoms with Gasteiger partial charge >= 0.3 is 0 Å². The van der Waals surface area contributed by atoms with Gasteiger partial charge in [-0.05, 0) is 35.7 Å². The van der Waals surface area contributed by atoms with E-state index in [-0.39, 0.29) is 0 Å². The summed E-state index contributed by atoms with van der Waals surface area (Å²) in [5.74, 6) is 1.33. The number of hydrogen-bond donors (Lipinski definition) is 1. The monoisotopic (exact) mass is 295 g/mol. The number of ether oxygens (including phenoxy) is 2. The zero-order chi connectivity index (χ0) is 15.5. The molecule has 3 aromatic rings. The van der Waals surface area contributed by atoms with Gasteiger partial charge in [-0.1, -0.05) is 12.1 Å². The van der Waals surface area contributed by atoms with E-state index in [2.05, 4.69) is 10.2 Å². The molecule has 0 amide bonds. The van der Waals surface area contributed by atoms with Crippen molar-refractivity contribution >= 4 is 16.6 Å². The molecule has 2 N–H and O–H groups in total. The van der Waals surface area contributed by atoms with Gasteiger partial charge in [0, 0.05) is 17.1 Å². The molecule has 0 fully saturated rings. The lowest BCUT2D eigenvalue weighted by molar-refractivity contribution is 0.355. The van der Waals surface area contributed by atoms with E-state index in [0.29, 0.717) is 11.5 Å². The molecule has 0 saturated heterocycles. The van der Waals surface area contributed by atoms with E-state index >= 15 is 0 Å². The fourth-order valence-electron chi connectivity index (χ4n) is 2.43. The van der Waals surface area contributed by atoms with Gasteiger partial charge in [-0.15, -0.1) is 0 Å². The smallest absolute Gasteiger partial charge is 0.162 e. The molecule has 0 unspecified atom stereocenters. The van der Waals surface area contributed by atoms with Gasteiger partial charge in [0.2, 0.25) is 0 Å². The van der Waals surface area contributed by atoms with Crippen molar-refractivity contribution < 1.29 is 9.47 Å². The Morgan fingerprint density at radius 3 is 2.36 bits per heavy atom. The van der Waals surface area contributed by atoms with Crippen LogP contribution in [0.1, 0.15) is 11.1 Å². The Morgan fingerprint density at radius 2 is 1.68 bits per heavy atom. The van der Waals surface area contributed by atoms with E-state index in [1.54, 1.807) is 20.4 Å². The first kappa shape index (κ1) is 14.1. The number of fused-ring (bicyclic) bond motifs is 1. The molecular formula is C17H17N3O2. The van der Waals surface area contributed by atoms with Crippen LogP contribution in [-0.2, 0) is 6.42 Å². The number of methoxy groups -OCH3 is 2. The number of nitrogens with zero attached hydrogens (tertiary/aromatic N) is 2. The minimum absolute atomic E-state index is 0.647. The van der Waals surface area contributed by atoms with Crippen LogP contribution in [0, 0.1) is 0 Å². The van der Waals surface area contributed by atoms with Crippen LogP contribution in [0.2, 0.25) is 0 Å². The molecule has 0 saturated carbocycles. The van der Waals surface area contributed by atoms with Gasteiger partial charge < -0.3 is 15.2 Å². The van der Waals surface area contributed by atoms with E-state index in [9.17, 15) is 0 Å². The molecule has 1 heterocycles. The van der Waals surface area contributed by atoms with E-state index < -0.39 is 0 Å². The normalized spacial score (nSPS) is 10.6. The van der Waals surface area contributed by atoms with Crippen LogP contribution >= 0.6 is 0 Å². The third-order valence-corrected chi connectivity index (χ3v) is 3.60. The number of nitrogen functional groups attached to an aromatic ring is 1. The Kier molecular flexibility index (Phi) is 3.78. The van der Waals surface area contributed by atoms with Crippen molar-refractivity contribution in [3.8, 4) is 11.5 Å². The maximum atomic E-state index is 5.73. The molecule has 0 aliphatic carbocycles. The van der Waals surface area contributed by atoms with Crippen LogP contribution in [-0.4, -0.2) is 24.4 Å². The molecule has 2 aromatic carbocycles. The number of hydrogen-bond acceptors (Lipinski definition) is 5. The fraction of sp³-hybridized carbons (Fsp3) is 0.176. The maximum absolute atomic E-state index is 5.73. The van der Waals surface area contributed by atoms with Crippen LogP contribution in [0.5, 0.6) is 11.5 Å². The average molecular weight is 295 g/mol. The Labute approximate surface area is 128 Å². The Balaban J connectivity index is 2.07. The predicted octanol–water partition coefficient (Wildman–Crippen LogP) is 2.82. The summed E-state index contributed by atoms with van der Waals surface area (Å²) >= 11 is 0. The second kappa shape index (κ2) is 5.89. The van der Waals surface area contributed by atoms with Gasteiger partial charge in [0.25, 0.3) is 0 Å². The molecule has 112 valence electrons. The van der Waals surface area contributed by atoms with Gasteiger partial charge in [0.05, 0.1) is 25.9 Å². The first-order valence-electron chi connectivity index (χ1n) is 6.92. The summed E-state index contributed by atoms with van der Waals surface area (Å²) in [5.41, 5.74) is 9.51. The maximum Gasteiger partial charge on any atom is 0.162 e. The molecule has 22 heavy (non-hydrogen) atoms. The molecule has 0 aliphatic rings. The molecule has 5 nitrogen and oxygen atoms in total. The Bertz CT molecular complexity index is 801. The number of nitrogens with two attached hydrogens (primary N) is 1. The molecule has 0 bridgehead atoms. The van der Waals surface area contributed by atoms with Crippen LogP contribution < -0.4 is 15.2 Å².